The number of carbonyl (C=O) groups is 1. The van der Waals surface area contributed by atoms with Gasteiger partial charge >= 0.3 is 0 Å². The lowest BCUT2D eigenvalue weighted by atomic mass is 9.88. The normalized spacial score (nSPS) is 36.2. The van der Waals surface area contributed by atoms with Crippen LogP contribution in [0.15, 0.2) is 11.6 Å². The van der Waals surface area contributed by atoms with Crippen molar-refractivity contribution >= 4 is 6.29 Å². The fourth-order valence-corrected chi connectivity index (χ4v) is 1.93. The van der Waals surface area contributed by atoms with Crippen molar-refractivity contribution in [2.75, 3.05) is 6.61 Å². The molecule has 0 radical (unpaired) electrons. The highest BCUT2D eigenvalue weighted by Gasteiger charge is 2.31. The standard InChI is InChI=1S/C9H12O2/c10-5-9-8-4-2-1-3-7(8)6-11-9/h4-5,7,9H,1-3,6H2. The number of allylic oxidation sites excluding steroid dienone is 1. The van der Waals surface area contributed by atoms with Crippen LogP contribution < -0.4 is 0 Å². The summed E-state index contributed by atoms with van der Waals surface area (Å²) in [6, 6.07) is 0. The maximum atomic E-state index is 10.5. The largest absolute Gasteiger partial charge is 0.366 e. The molecule has 1 aliphatic carbocycles. The Morgan fingerprint density at radius 2 is 2.55 bits per heavy atom. The summed E-state index contributed by atoms with van der Waals surface area (Å²) in [5.74, 6) is 0.555. The molecule has 2 atom stereocenters. The molecule has 0 saturated carbocycles. The quantitative estimate of drug-likeness (QED) is 0.418. The predicted octanol–water partition coefficient (Wildman–Crippen LogP) is 1.31. The van der Waals surface area contributed by atoms with E-state index in [0.717, 1.165) is 19.3 Å². The fraction of sp³-hybridized carbons (Fsp3) is 0.667. The summed E-state index contributed by atoms with van der Waals surface area (Å²) in [7, 11) is 0. The molecule has 2 rings (SSSR count). The molecule has 0 aromatic rings. The molecule has 2 nitrogen and oxygen atoms in total. The first kappa shape index (κ1) is 7.04. The molecule has 1 aliphatic heterocycles. The molecule has 2 heteroatoms. The molecule has 60 valence electrons. The van der Waals surface area contributed by atoms with Gasteiger partial charge in [0.05, 0.1) is 6.61 Å². The highest BCUT2D eigenvalue weighted by Crippen LogP contribution is 2.33. The fourth-order valence-electron chi connectivity index (χ4n) is 1.93. The van der Waals surface area contributed by atoms with Crippen molar-refractivity contribution < 1.29 is 9.53 Å². The van der Waals surface area contributed by atoms with Crippen LogP contribution in [-0.2, 0) is 9.53 Å². The summed E-state index contributed by atoms with van der Waals surface area (Å²) < 4.78 is 5.31. The molecule has 1 saturated heterocycles. The summed E-state index contributed by atoms with van der Waals surface area (Å²) in [6.45, 7) is 0.759. The van der Waals surface area contributed by atoms with E-state index < -0.39 is 0 Å². The Kier molecular flexibility index (Phi) is 1.78. The third kappa shape index (κ3) is 1.11. The first-order valence-electron chi connectivity index (χ1n) is 4.18. The minimum atomic E-state index is -0.208. The van der Waals surface area contributed by atoms with Crippen LogP contribution in [0.3, 0.4) is 0 Å². The molecular weight excluding hydrogens is 140 g/mol. The Balaban J connectivity index is 2.19. The van der Waals surface area contributed by atoms with E-state index in [9.17, 15) is 4.79 Å². The Labute approximate surface area is 66.2 Å². The second-order valence-corrected chi connectivity index (χ2v) is 3.22. The monoisotopic (exact) mass is 152 g/mol. The van der Waals surface area contributed by atoms with Crippen molar-refractivity contribution in [2.24, 2.45) is 5.92 Å². The zero-order chi connectivity index (χ0) is 7.68. The van der Waals surface area contributed by atoms with E-state index in [1.54, 1.807) is 0 Å². The molecular formula is C9H12O2. The molecule has 1 heterocycles. The molecule has 0 spiro atoms. The van der Waals surface area contributed by atoms with Gasteiger partial charge < -0.3 is 9.53 Å². The zero-order valence-corrected chi connectivity index (χ0v) is 6.45. The van der Waals surface area contributed by atoms with Crippen molar-refractivity contribution in [3.63, 3.8) is 0 Å². The number of hydrogen-bond acceptors (Lipinski definition) is 2. The maximum absolute atomic E-state index is 10.5. The molecule has 0 aromatic carbocycles. The second kappa shape index (κ2) is 2.78. The van der Waals surface area contributed by atoms with E-state index >= 15 is 0 Å². The summed E-state index contributed by atoms with van der Waals surface area (Å²) in [5.41, 5.74) is 1.24. The average molecular weight is 152 g/mol. The van der Waals surface area contributed by atoms with Crippen molar-refractivity contribution in [3.05, 3.63) is 11.6 Å². The van der Waals surface area contributed by atoms with E-state index in [1.165, 1.54) is 18.4 Å². The molecule has 2 unspecified atom stereocenters. The zero-order valence-electron chi connectivity index (χ0n) is 6.45. The van der Waals surface area contributed by atoms with Crippen LogP contribution in [0.2, 0.25) is 0 Å². The Morgan fingerprint density at radius 3 is 3.36 bits per heavy atom. The highest BCUT2D eigenvalue weighted by molar-refractivity contribution is 5.63. The number of carbonyl (C=O) groups excluding carboxylic acids is 1. The van der Waals surface area contributed by atoms with Gasteiger partial charge in [0.2, 0.25) is 0 Å². The molecule has 1 fully saturated rings. The van der Waals surface area contributed by atoms with Crippen LogP contribution in [0.5, 0.6) is 0 Å². The first-order chi connectivity index (χ1) is 5.42. The summed E-state index contributed by atoms with van der Waals surface area (Å²) in [4.78, 5) is 10.5. The highest BCUT2D eigenvalue weighted by atomic mass is 16.5. The van der Waals surface area contributed by atoms with E-state index in [0.29, 0.717) is 5.92 Å². The molecule has 0 aromatic heterocycles. The van der Waals surface area contributed by atoms with Crippen LogP contribution in [0.4, 0.5) is 0 Å². The number of ether oxygens (including phenoxy) is 1. The van der Waals surface area contributed by atoms with E-state index in [1.807, 2.05) is 0 Å². The van der Waals surface area contributed by atoms with Gasteiger partial charge in [0.15, 0.2) is 6.29 Å². The first-order valence-corrected chi connectivity index (χ1v) is 4.18. The van der Waals surface area contributed by atoms with Gasteiger partial charge in [-0.15, -0.1) is 0 Å². The van der Waals surface area contributed by atoms with Gasteiger partial charge in [-0.05, 0) is 24.8 Å². The topological polar surface area (TPSA) is 26.3 Å². The molecule has 0 bridgehead atoms. The van der Waals surface area contributed by atoms with Crippen LogP contribution in [0.1, 0.15) is 19.3 Å². The van der Waals surface area contributed by atoms with Gasteiger partial charge in [0.25, 0.3) is 0 Å². The Hall–Kier alpha value is -0.630. The van der Waals surface area contributed by atoms with Crippen LogP contribution >= 0.6 is 0 Å². The van der Waals surface area contributed by atoms with Crippen LogP contribution in [0, 0.1) is 5.92 Å². The van der Waals surface area contributed by atoms with E-state index in [4.69, 9.17) is 4.74 Å². The van der Waals surface area contributed by atoms with Gasteiger partial charge in [0.1, 0.15) is 6.10 Å². The lowest BCUT2D eigenvalue weighted by Crippen LogP contribution is -2.12. The predicted molar refractivity (Wildman–Crippen MR) is 41.2 cm³/mol. The van der Waals surface area contributed by atoms with Crippen molar-refractivity contribution in [1.82, 2.24) is 0 Å². The number of rotatable bonds is 1. The minimum Gasteiger partial charge on any atom is -0.366 e. The SMILES string of the molecule is O=CC1OCC2CCCC=C21. The van der Waals surface area contributed by atoms with Gasteiger partial charge in [-0.1, -0.05) is 6.08 Å². The van der Waals surface area contributed by atoms with Crippen molar-refractivity contribution in [3.8, 4) is 0 Å². The number of fused-ring (bicyclic) bond motifs is 1. The average Bonchev–Trinajstić information content (AvgIpc) is 2.47. The molecule has 2 aliphatic rings. The number of hydrogen-bond donors (Lipinski definition) is 0. The van der Waals surface area contributed by atoms with Crippen molar-refractivity contribution in [1.29, 1.82) is 0 Å². The second-order valence-electron chi connectivity index (χ2n) is 3.22. The summed E-state index contributed by atoms with van der Waals surface area (Å²) in [6.07, 6.45) is 6.47. The summed E-state index contributed by atoms with van der Waals surface area (Å²) >= 11 is 0. The van der Waals surface area contributed by atoms with Gasteiger partial charge in [-0.25, -0.2) is 0 Å². The van der Waals surface area contributed by atoms with Gasteiger partial charge in [-0.2, -0.15) is 0 Å². The smallest absolute Gasteiger partial charge is 0.152 e. The molecule has 11 heavy (non-hydrogen) atoms. The maximum Gasteiger partial charge on any atom is 0.152 e. The molecule has 0 amide bonds. The van der Waals surface area contributed by atoms with Crippen LogP contribution in [-0.4, -0.2) is 19.0 Å². The Bertz CT molecular complexity index is 196. The lowest BCUT2D eigenvalue weighted by molar-refractivity contribution is -0.114. The third-order valence-corrected chi connectivity index (χ3v) is 2.54. The minimum absolute atomic E-state index is 0.208. The van der Waals surface area contributed by atoms with E-state index in [-0.39, 0.29) is 6.10 Å². The third-order valence-electron chi connectivity index (χ3n) is 2.54. The van der Waals surface area contributed by atoms with Crippen molar-refractivity contribution in [2.45, 2.75) is 25.4 Å². The Morgan fingerprint density at radius 1 is 1.64 bits per heavy atom. The molecule has 0 N–H and O–H groups in total. The van der Waals surface area contributed by atoms with Gasteiger partial charge in [-0.3, -0.25) is 0 Å². The lowest BCUT2D eigenvalue weighted by Gasteiger charge is -2.15. The van der Waals surface area contributed by atoms with Gasteiger partial charge in [0, 0.05) is 5.92 Å². The number of aldehydes is 1. The van der Waals surface area contributed by atoms with E-state index in [2.05, 4.69) is 6.08 Å². The summed E-state index contributed by atoms with van der Waals surface area (Å²) in [5, 5.41) is 0. The van der Waals surface area contributed by atoms with Crippen LogP contribution in [0.25, 0.3) is 0 Å².